The first-order valence-electron chi connectivity index (χ1n) is 8.97. The molecule has 1 aromatic rings. The molecule has 0 bridgehead atoms. The minimum atomic E-state index is 0. The SMILES string of the molecule is Cc1cccc(CCC(=O)N2CCCC(N3CCNCC3=O)C2)c1.Cl. The molecule has 1 N–H and O–H groups in total. The molecule has 0 aliphatic carbocycles. The maximum Gasteiger partial charge on any atom is 0.236 e. The van der Waals surface area contributed by atoms with Crippen LogP contribution in [0.25, 0.3) is 0 Å². The first-order valence-corrected chi connectivity index (χ1v) is 8.97. The lowest BCUT2D eigenvalue weighted by Gasteiger charge is -2.41. The minimum absolute atomic E-state index is 0. The number of piperidine rings is 1. The van der Waals surface area contributed by atoms with Gasteiger partial charge in [0, 0.05) is 38.6 Å². The summed E-state index contributed by atoms with van der Waals surface area (Å²) in [6, 6.07) is 8.54. The Bertz CT molecular complexity index is 608. The number of hydrogen-bond acceptors (Lipinski definition) is 3. The van der Waals surface area contributed by atoms with E-state index in [2.05, 4.69) is 30.4 Å². The zero-order valence-electron chi connectivity index (χ0n) is 14.9. The van der Waals surface area contributed by atoms with Crippen molar-refractivity contribution in [2.24, 2.45) is 0 Å². The van der Waals surface area contributed by atoms with Crippen LogP contribution in [0.1, 0.15) is 30.4 Å². The molecule has 5 nitrogen and oxygen atoms in total. The van der Waals surface area contributed by atoms with Gasteiger partial charge < -0.3 is 15.1 Å². The summed E-state index contributed by atoms with van der Waals surface area (Å²) in [6.07, 6.45) is 3.32. The summed E-state index contributed by atoms with van der Waals surface area (Å²) in [5.74, 6) is 0.379. The van der Waals surface area contributed by atoms with Gasteiger partial charge >= 0.3 is 0 Å². The molecule has 0 saturated carbocycles. The van der Waals surface area contributed by atoms with Crippen LogP contribution in [0.4, 0.5) is 0 Å². The van der Waals surface area contributed by atoms with E-state index in [1.807, 2.05) is 15.9 Å². The highest BCUT2D eigenvalue weighted by atomic mass is 35.5. The van der Waals surface area contributed by atoms with Gasteiger partial charge in [-0.1, -0.05) is 29.8 Å². The van der Waals surface area contributed by atoms with Crippen molar-refractivity contribution in [3.05, 3.63) is 35.4 Å². The van der Waals surface area contributed by atoms with E-state index >= 15 is 0 Å². The van der Waals surface area contributed by atoms with E-state index in [1.54, 1.807) is 0 Å². The van der Waals surface area contributed by atoms with Crippen molar-refractivity contribution >= 4 is 24.2 Å². The lowest BCUT2D eigenvalue weighted by Crippen LogP contribution is -2.57. The number of hydrogen-bond donors (Lipinski definition) is 1. The van der Waals surface area contributed by atoms with E-state index < -0.39 is 0 Å². The summed E-state index contributed by atoms with van der Waals surface area (Å²) in [5, 5.41) is 3.11. The molecule has 25 heavy (non-hydrogen) atoms. The summed E-state index contributed by atoms with van der Waals surface area (Å²) in [6.45, 7) is 5.63. The second-order valence-electron chi connectivity index (χ2n) is 6.89. The second-order valence-corrected chi connectivity index (χ2v) is 6.89. The van der Waals surface area contributed by atoms with Gasteiger partial charge in [-0.15, -0.1) is 12.4 Å². The van der Waals surface area contributed by atoms with Crippen molar-refractivity contribution < 1.29 is 9.59 Å². The van der Waals surface area contributed by atoms with Gasteiger partial charge in [-0.3, -0.25) is 9.59 Å². The maximum absolute atomic E-state index is 12.6. The van der Waals surface area contributed by atoms with Gasteiger partial charge in [0.25, 0.3) is 0 Å². The van der Waals surface area contributed by atoms with Crippen LogP contribution in [0.15, 0.2) is 24.3 Å². The normalized spacial score (nSPS) is 21.0. The number of benzene rings is 1. The average Bonchev–Trinajstić information content (AvgIpc) is 2.60. The van der Waals surface area contributed by atoms with E-state index in [1.165, 1.54) is 11.1 Å². The Balaban J connectivity index is 0.00000225. The Morgan fingerprint density at radius 2 is 2.16 bits per heavy atom. The fourth-order valence-electron chi connectivity index (χ4n) is 3.72. The summed E-state index contributed by atoms with van der Waals surface area (Å²) >= 11 is 0. The van der Waals surface area contributed by atoms with Gasteiger partial charge in [-0.2, -0.15) is 0 Å². The second kappa shape index (κ2) is 9.20. The van der Waals surface area contributed by atoms with Crippen molar-refractivity contribution in [2.45, 2.75) is 38.6 Å². The number of rotatable bonds is 4. The molecule has 2 fully saturated rings. The minimum Gasteiger partial charge on any atom is -0.341 e. The predicted octanol–water partition coefficient (Wildman–Crippen LogP) is 1.77. The van der Waals surface area contributed by atoms with E-state index in [0.717, 1.165) is 38.9 Å². The third kappa shape index (κ3) is 5.19. The van der Waals surface area contributed by atoms with E-state index in [0.29, 0.717) is 19.5 Å². The monoisotopic (exact) mass is 365 g/mol. The number of nitrogens with zero attached hydrogens (tertiary/aromatic N) is 2. The number of amides is 2. The molecule has 3 rings (SSSR count). The highest BCUT2D eigenvalue weighted by molar-refractivity contribution is 5.85. The lowest BCUT2D eigenvalue weighted by molar-refractivity contribution is -0.140. The maximum atomic E-state index is 12.6. The number of piperazine rings is 1. The van der Waals surface area contributed by atoms with Crippen molar-refractivity contribution in [3.8, 4) is 0 Å². The summed E-state index contributed by atoms with van der Waals surface area (Å²) in [7, 11) is 0. The topological polar surface area (TPSA) is 52.7 Å². The lowest BCUT2D eigenvalue weighted by atomic mass is 10.0. The molecule has 138 valence electrons. The molecule has 6 heteroatoms. The molecule has 2 aliphatic heterocycles. The molecule has 0 radical (unpaired) electrons. The molecular formula is C19H28ClN3O2. The van der Waals surface area contributed by atoms with E-state index in [-0.39, 0.29) is 30.3 Å². The highest BCUT2D eigenvalue weighted by Crippen LogP contribution is 2.18. The largest absolute Gasteiger partial charge is 0.341 e. The van der Waals surface area contributed by atoms with Gasteiger partial charge in [0.15, 0.2) is 0 Å². The fraction of sp³-hybridized carbons (Fsp3) is 0.579. The summed E-state index contributed by atoms with van der Waals surface area (Å²) in [4.78, 5) is 28.6. The number of likely N-dealkylation sites (tertiary alicyclic amines) is 1. The van der Waals surface area contributed by atoms with Crippen molar-refractivity contribution in [1.82, 2.24) is 15.1 Å². The number of aryl methyl sites for hydroxylation is 2. The molecule has 2 heterocycles. The quantitative estimate of drug-likeness (QED) is 0.884. The van der Waals surface area contributed by atoms with Crippen molar-refractivity contribution in [1.29, 1.82) is 0 Å². The zero-order valence-corrected chi connectivity index (χ0v) is 15.7. The van der Waals surface area contributed by atoms with Crippen LogP contribution in [-0.4, -0.2) is 60.4 Å². The summed E-state index contributed by atoms with van der Waals surface area (Å²) < 4.78 is 0. The molecule has 1 unspecified atom stereocenters. The van der Waals surface area contributed by atoms with Gasteiger partial charge in [0.2, 0.25) is 11.8 Å². The number of carbonyl (C=O) groups excluding carboxylic acids is 2. The van der Waals surface area contributed by atoms with Crippen molar-refractivity contribution in [3.63, 3.8) is 0 Å². The Morgan fingerprint density at radius 1 is 1.32 bits per heavy atom. The zero-order chi connectivity index (χ0) is 16.9. The highest BCUT2D eigenvalue weighted by Gasteiger charge is 2.31. The third-order valence-electron chi connectivity index (χ3n) is 5.03. The Kier molecular flexibility index (Phi) is 7.26. The van der Waals surface area contributed by atoms with Crippen molar-refractivity contribution in [2.75, 3.05) is 32.7 Å². The molecule has 2 saturated heterocycles. The fourth-order valence-corrected chi connectivity index (χ4v) is 3.72. The van der Waals surface area contributed by atoms with Crippen LogP contribution in [0, 0.1) is 6.92 Å². The Hall–Kier alpha value is -1.59. The molecule has 2 amide bonds. The average molecular weight is 366 g/mol. The molecule has 2 aliphatic rings. The smallest absolute Gasteiger partial charge is 0.236 e. The Labute approximate surface area is 156 Å². The number of halogens is 1. The van der Waals surface area contributed by atoms with Crippen LogP contribution >= 0.6 is 12.4 Å². The molecule has 0 spiro atoms. The first-order chi connectivity index (χ1) is 11.6. The Morgan fingerprint density at radius 3 is 2.92 bits per heavy atom. The van der Waals surface area contributed by atoms with Gasteiger partial charge in [-0.25, -0.2) is 0 Å². The van der Waals surface area contributed by atoms with E-state index in [9.17, 15) is 9.59 Å². The molecule has 1 aromatic carbocycles. The van der Waals surface area contributed by atoms with Crippen LogP contribution in [-0.2, 0) is 16.0 Å². The number of carbonyl (C=O) groups is 2. The van der Waals surface area contributed by atoms with E-state index in [4.69, 9.17) is 0 Å². The molecule has 0 aromatic heterocycles. The van der Waals surface area contributed by atoms with Crippen LogP contribution in [0.5, 0.6) is 0 Å². The third-order valence-corrected chi connectivity index (χ3v) is 5.03. The van der Waals surface area contributed by atoms with Gasteiger partial charge in [-0.05, 0) is 31.7 Å². The molecule has 1 atom stereocenters. The first kappa shape index (κ1) is 19.7. The number of nitrogens with one attached hydrogen (secondary N) is 1. The van der Waals surface area contributed by atoms with Crippen LogP contribution in [0.2, 0.25) is 0 Å². The van der Waals surface area contributed by atoms with Crippen LogP contribution in [0.3, 0.4) is 0 Å². The molecular weight excluding hydrogens is 338 g/mol. The van der Waals surface area contributed by atoms with Gasteiger partial charge in [0.1, 0.15) is 0 Å². The summed E-state index contributed by atoms with van der Waals surface area (Å²) in [5.41, 5.74) is 2.45. The van der Waals surface area contributed by atoms with Gasteiger partial charge in [0.05, 0.1) is 6.54 Å². The standard InChI is InChI=1S/C19H27N3O2.ClH/c1-15-4-2-5-16(12-15)7-8-18(23)21-10-3-6-17(14-21)22-11-9-20-13-19(22)24;/h2,4-5,12,17,20H,3,6-11,13-14H2,1H3;1H. The van der Waals surface area contributed by atoms with Crippen LogP contribution < -0.4 is 5.32 Å². The predicted molar refractivity (Wildman–Crippen MR) is 101 cm³/mol.